The number of sulfonamides is 1. The van der Waals surface area contributed by atoms with Crippen LogP contribution in [0.25, 0.3) is 11.4 Å². The second kappa shape index (κ2) is 8.54. The second-order valence-corrected chi connectivity index (χ2v) is 8.75. The van der Waals surface area contributed by atoms with E-state index >= 15 is 0 Å². The Morgan fingerprint density at radius 3 is 2.48 bits per heavy atom. The Labute approximate surface area is 169 Å². The lowest BCUT2D eigenvalue weighted by atomic mass is 10.1. The van der Waals surface area contributed by atoms with Crippen molar-refractivity contribution in [3.8, 4) is 11.4 Å². The van der Waals surface area contributed by atoms with Crippen molar-refractivity contribution in [2.75, 3.05) is 20.6 Å². The highest BCUT2D eigenvalue weighted by molar-refractivity contribution is 7.89. The molecule has 0 radical (unpaired) electrons. The molecule has 0 N–H and O–H groups in total. The predicted octanol–water partition coefficient (Wildman–Crippen LogP) is 2.32. The SMILES string of the molecule is Cc1cccc(-c2noc(CN(C)C(=O)CN(C)S(=O)(=O)c3ccccc3)n2)c1. The third-order valence-electron chi connectivity index (χ3n) is 4.35. The van der Waals surface area contributed by atoms with Gasteiger partial charge in [-0.3, -0.25) is 4.79 Å². The molecular weight excluding hydrogens is 392 g/mol. The summed E-state index contributed by atoms with van der Waals surface area (Å²) < 4.78 is 31.4. The Hall–Kier alpha value is -3.04. The van der Waals surface area contributed by atoms with E-state index in [-0.39, 0.29) is 29.8 Å². The number of carbonyl (C=O) groups is 1. The van der Waals surface area contributed by atoms with Gasteiger partial charge in [-0.1, -0.05) is 47.1 Å². The minimum atomic E-state index is -3.74. The van der Waals surface area contributed by atoms with Gasteiger partial charge in [-0.25, -0.2) is 8.42 Å². The van der Waals surface area contributed by atoms with Gasteiger partial charge < -0.3 is 9.42 Å². The van der Waals surface area contributed by atoms with Crippen LogP contribution in [0.5, 0.6) is 0 Å². The first-order valence-corrected chi connectivity index (χ1v) is 10.4. The first-order valence-electron chi connectivity index (χ1n) is 8.92. The third kappa shape index (κ3) is 4.87. The van der Waals surface area contributed by atoms with Gasteiger partial charge in [-0.2, -0.15) is 9.29 Å². The van der Waals surface area contributed by atoms with Gasteiger partial charge in [0.05, 0.1) is 18.0 Å². The zero-order valence-electron chi connectivity index (χ0n) is 16.4. The molecule has 0 aliphatic carbocycles. The highest BCUT2D eigenvalue weighted by Gasteiger charge is 2.24. The number of amides is 1. The van der Waals surface area contributed by atoms with Crippen LogP contribution in [0.3, 0.4) is 0 Å². The molecule has 8 nitrogen and oxygen atoms in total. The van der Waals surface area contributed by atoms with E-state index in [9.17, 15) is 13.2 Å². The molecule has 9 heteroatoms. The number of hydrogen-bond donors (Lipinski definition) is 0. The monoisotopic (exact) mass is 414 g/mol. The van der Waals surface area contributed by atoms with Crippen LogP contribution in [0.1, 0.15) is 11.5 Å². The maximum absolute atomic E-state index is 12.6. The van der Waals surface area contributed by atoms with Gasteiger partial charge in [0.2, 0.25) is 27.6 Å². The van der Waals surface area contributed by atoms with Gasteiger partial charge in [-0.05, 0) is 25.1 Å². The van der Waals surface area contributed by atoms with Crippen LogP contribution in [0.2, 0.25) is 0 Å². The molecule has 0 saturated carbocycles. The molecule has 1 heterocycles. The summed E-state index contributed by atoms with van der Waals surface area (Å²) in [5, 5.41) is 3.95. The predicted molar refractivity (Wildman–Crippen MR) is 107 cm³/mol. The third-order valence-corrected chi connectivity index (χ3v) is 6.17. The number of benzene rings is 2. The fourth-order valence-electron chi connectivity index (χ4n) is 2.68. The number of likely N-dealkylation sites (N-methyl/N-ethyl adjacent to an activating group) is 2. The van der Waals surface area contributed by atoms with Crippen LogP contribution in [-0.4, -0.2) is 54.3 Å². The molecule has 3 rings (SSSR count). The number of carbonyl (C=O) groups excluding carboxylic acids is 1. The van der Waals surface area contributed by atoms with E-state index in [1.54, 1.807) is 25.2 Å². The number of nitrogens with zero attached hydrogens (tertiary/aromatic N) is 4. The summed E-state index contributed by atoms with van der Waals surface area (Å²) in [5.41, 5.74) is 1.89. The van der Waals surface area contributed by atoms with Crippen LogP contribution < -0.4 is 0 Å². The summed E-state index contributed by atoms with van der Waals surface area (Å²) in [6, 6.07) is 15.7. The summed E-state index contributed by atoms with van der Waals surface area (Å²) in [4.78, 5) is 18.3. The molecule has 2 aromatic carbocycles. The Bertz CT molecular complexity index is 1100. The van der Waals surface area contributed by atoms with E-state index in [1.165, 1.54) is 24.1 Å². The number of aromatic nitrogens is 2. The smallest absolute Gasteiger partial charge is 0.246 e. The van der Waals surface area contributed by atoms with Crippen LogP contribution in [-0.2, 0) is 21.4 Å². The quantitative estimate of drug-likeness (QED) is 0.589. The molecule has 0 unspecified atom stereocenters. The maximum Gasteiger partial charge on any atom is 0.246 e. The lowest BCUT2D eigenvalue weighted by Crippen LogP contribution is -2.39. The fourth-order valence-corrected chi connectivity index (χ4v) is 3.82. The standard InChI is InChI=1S/C20H22N4O4S/c1-15-8-7-9-16(12-15)20-21-18(28-22-20)13-23(2)19(25)14-24(3)29(26,27)17-10-5-4-6-11-17/h4-12H,13-14H2,1-3H3. The summed E-state index contributed by atoms with van der Waals surface area (Å²) in [5.74, 6) is 0.321. The van der Waals surface area contributed by atoms with E-state index in [2.05, 4.69) is 10.1 Å². The van der Waals surface area contributed by atoms with Gasteiger partial charge in [0, 0.05) is 19.7 Å². The van der Waals surface area contributed by atoms with Crippen molar-refractivity contribution in [2.45, 2.75) is 18.4 Å². The van der Waals surface area contributed by atoms with E-state index < -0.39 is 10.0 Å². The van der Waals surface area contributed by atoms with Crippen molar-refractivity contribution < 1.29 is 17.7 Å². The molecule has 3 aromatic rings. The van der Waals surface area contributed by atoms with Crippen molar-refractivity contribution in [1.29, 1.82) is 0 Å². The summed E-state index contributed by atoms with van der Waals surface area (Å²) >= 11 is 0. The van der Waals surface area contributed by atoms with Crippen molar-refractivity contribution >= 4 is 15.9 Å². The van der Waals surface area contributed by atoms with Crippen LogP contribution in [0.15, 0.2) is 64.0 Å². The van der Waals surface area contributed by atoms with Gasteiger partial charge in [0.15, 0.2) is 0 Å². The van der Waals surface area contributed by atoms with E-state index in [0.717, 1.165) is 15.4 Å². The minimum absolute atomic E-state index is 0.0802. The van der Waals surface area contributed by atoms with Gasteiger partial charge in [-0.15, -0.1) is 0 Å². The maximum atomic E-state index is 12.6. The number of hydrogen-bond acceptors (Lipinski definition) is 6. The molecule has 0 bridgehead atoms. The summed E-state index contributed by atoms with van der Waals surface area (Å²) in [6.07, 6.45) is 0. The van der Waals surface area contributed by atoms with Crippen molar-refractivity contribution in [2.24, 2.45) is 0 Å². The Morgan fingerprint density at radius 1 is 1.07 bits per heavy atom. The zero-order valence-corrected chi connectivity index (χ0v) is 17.3. The highest BCUT2D eigenvalue weighted by atomic mass is 32.2. The van der Waals surface area contributed by atoms with Crippen LogP contribution >= 0.6 is 0 Å². The molecule has 0 aliphatic heterocycles. The normalized spacial score (nSPS) is 11.6. The minimum Gasteiger partial charge on any atom is -0.337 e. The Morgan fingerprint density at radius 2 is 1.79 bits per heavy atom. The van der Waals surface area contributed by atoms with Gasteiger partial charge in [0.25, 0.3) is 0 Å². The number of rotatable bonds is 7. The number of aryl methyl sites for hydroxylation is 1. The van der Waals surface area contributed by atoms with Gasteiger partial charge >= 0.3 is 0 Å². The summed E-state index contributed by atoms with van der Waals surface area (Å²) in [6.45, 7) is 1.75. The van der Waals surface area contributed by atoms with Crippen molar-refractivity contribution in [3.05, 3.63) is 66.1 Å². The molecule has 0 atom stereocenters. The zero-order chi connectivity index (χ0) is 21.0. The molecule has 1 amide bonds. The van der Waals surface area contributed by atoms with E-state index in [1.807, 2.05) is 31.2 Å². The fraction of sp³-hybridized carbons (Fsp3) is 0.250. The molecule has 152 valence electrons. The summed E-state index contributed by atoms with van der Waals surface area (Å²) in [7, 11) is -0.813. The first-order chi connectivity index (χ1) is 13.8. The molecule has 0 spiro atoms. The molecule has 0 saturated heterocycles. The Kier molecular flexibility index (Phi) is 6.09. The largest absolute Gasteiger partial charge is 0.337 e. The molecule has 29 heavy (non-hydrogen) atoms. The average Bonchev–Trinajstić information content (AvgIpc) is 3.17. The van der Waals surface area contributed by atoms with Crippen LogP contribution in [0.4, 0.5) is 0 Å². The van der Waals surface area contributed by atoms with E-state index in [4.69, 9.17) is 4.52 Å². The molecule has 1 aromatic heterocycles. The molecule has 0 aliphatic rings. The second-order valence-electron chi connectivity index (χ2n) is 6.71. The first kappa shape index (κ1) is 20.7. The lowest BCUT2D eigenvalue weighted by Gasteiger charge is -2.20. The van der Waals surface area contributed by atoms with Crippen LogP contribution in [0, 0.1) is 6.92 Å². The van der Waals surface area contributed by atoms with Gasteiger partial charge in [0.1, 0.15) is 0 Å². The Balaban J connectivity index is 1.64. The van der Waals surface area contributed by atoms with Crippen molar-refractivity contribution in [1.82, 2.24) is 19.3 Å². The topological polar surface area (TPSA) is 96.6 Å². The molecular formula is C20H22N4O4S. The lowest BCUT2D eigenvalue weighted by molar-refractivity contribution is -0.130. The highest BCUT2D eigenvalue weighted by Crippen LogP contribution is 2.18. The van der Waals surface area contributed by atoms with Crippen molar-refractivity contribution in [3.63, 3.8) is 0 Å². The van der Waals surface area contributed by atoms with E-state index in [0.29, 0.717) is 5.82 Å². The average molecular weight is 414 g/mol. The molecule has 0 fully saturated rings.